The molecular weight excluding hydrogens is 438 g/mol. The van der Waals surface area contributed by atoms with Gasteiger partial charge < -0.3 is 19.5 Å². The fourth-order valence-corrected chi connectivity index (χ4v) is 3.51. The normalized spacial score (nSPS) is 10.6. The largest absolute Gasteiger partial charge is 0.497 e. The van der Waals surface area contributed by atoms with Gasteiger partial charge in [0.2, 0.25) is 0 Å². The number of nitrogens with zero attached hydrogens (tertiary/aromatic N) is 2. The molecule has 9 heteroatoms. The Morgan fingerprint density at radius 2 is 1.47 bits per heavy atom. The summed E-state index contributed by atoms with van der Waals surface area (Å²) in [5.41, 5.74) is 0.379. The van der Waals surface area contributed by atoms with Crippen LogP contribution in [0.1, 0.15) is 20.8 Å². The molecule has 0 aliphatic heterocycles. The van der Waals surface area contributed by atoms with Crippen molar-refractivity contribution < 1.29 is 23.8 Å². The Hall–Kier alpha value is -4.66. The second kappa shape index (κ2) is 9.45. The van der Waals surface area contributed by atoms with Gasteiger partial charge in [-0.1, -0.05) is 30.3 Å². The number of amides is 1. The van der Waals surface area contributed by atoms with Crippen molar-refractivity contribution in [3.05, 3.63) is 88.3 Å². The SMILES string of the molecule is COC(=O)c1ccccc1NC(=O)c1nn(-c2cc(OC)cc(OC)c2)c(=O)c2ccccc12. The molecule has 0 radical (unpaired) electrons. The summed E-state index contributed by atoms with van der Waals surface area (Å²) in [7, 11) is 4.24. The van der Waals surface area contributed by atoms with Gasteiger partial charge in [-0.2, -0.15) is 9.78 Å². The van der Waals surface area contributed by atoms with Gasteiger partial charge in [0.05, 0.1) is 43.7 Å². The fourth-order valence-electron chi connectivity index (χ4n) is 3.51. The van der Waals surface area contributed by atoms with Gasteiger partial charge in [-0.25, -0.2) is 4.79 Å². The maximum atomic E-state index is 13.3. The van der Waals surface area contributed by atoms with E-state index in [0.717, 1.165) is 4.68 Å². The molecule has 0 spiro atoms. The Kier molecular flexibility index (Phi) is 6.26. The van der Waals surface area contributed by atoms with Gasteiger partial charge in [0.15, 0.2) is 5.69 Å². The molecule has 34 heavy (non-hydrogen) atoms. The number of carbonyl (C=O) groups is 2. The van der Waals surface area contributed by atoms with Crippen LogP contribution in [0, 0.1) is 0 Å². The molecule has 0 bridgehead atoms. The summed E-state index contributed by atoms with van der Waals surface area (Å²) in [6.45, 7) is 0. The number of benzene rings is 3. The van der Waals surface area contributed by atoms with Crippen molar-refractivity contribution in [3.63, 3.8) is 0 Å². The molecule has 0 saturated carbocycles. The lowest BCUT2D eigenvalue weighted by Crippen LogP contribution is -2.27. The van der Waals surface area contributed by atoms with Crippen LogP contribution in [0.3, 0.4) is 0 Å². The van der Waals surface area contributed by atoms with Crippen molar-refractivity contribution in [1.82, 2.24) is 9.78 Å². The van der Waals surface area contributed by atoms with E-state index in [0.29, 0.717) is 28.0 Å². The maximum Gasteiger partial charge on any atom is 0.339 e. The van der Waals surface area contributed by atoms with E-state index in [4.69, 9.17) is 14.2 Å². The summed E-state index contributed by atoms with van der Waals surface area (Å²) < 4.78 is 16.5. The molecule has 0 aliphatic rings. The van der Waals surface area contributed by atoms with Crippen molar-refractivity contribution in [2.45, 2.75) is 0 Å². The van der Waals surface area contributed by atoms with Crippen molar-refractivity contribution in [2.24, 2.45) is 0 Å². The van der Waals surface area contributed by atoms with Gasteiger partial charge in [0.25, 0.3) is 11.5 Å². The molecule has 172 valence electrons. The van der Waals surface area contributed by atoms with Gasteiger partial charge in [-0.3, -0.25) is 9.59 Å². The van der Waals surface area contributed by atoms with Gasteiger partial charge in [0.1, 0.15) is 11.5 Å². The molecule has 9 nitrogen and oxygen atoms in total. The summed E-state index contributed by atoms with van der Waals surface area (Å²) >= 11 is 0. The summed E-state index contributed by atoms with van der Waals surface area (Å²) in [6, 6.07) is 18.0. The lowest BCUT2D eigenvalue weighted by Gasteiger charge is -2.14. The number of rotatable bonds is 6. The third-order valence-corrected chi connectivity index (χ3v) is 5.18. The summed E-state index contributed by atoms with van der Waals surface area (Å²) in [6.07, 6.45) is 0. The Morgan fingerprint density at radius 3 is 2.12 bits per heavy atom. The standard InChI is InChI=1S/C25H21N3O6/c1-32-16-12-15(13-17(14-16)33-2)28-24(30)19-9-5-4-8-18(19)22(27-28)23(29)26-21-11-7-6-10-20(21)25(31)34-3/h4-14H,1-3H3,(H,26,29). The molecule has 0 fully saturated rings. The predicted octanol–water partition coefficient (Wildman–Crippen LogP) is 3.44. The third kappa shape index (κ3) is 4.18. The molecule has 0 unspecified atom stereocenters. The Labute approximate surface area is 194 Å². The van der Waals surface area contributed by atoms with Gasteiger partial charge in [-0.15, -0.1) is 0 Å². The van der Waals surface area contributed by atoms with E-state index in [-0.39, 0.29) is 16.9 Å². The van der Waals surface area contributed by atoms with Gasteiger partial charge >= 0.3 is 5.97 Å². The number of methoxy groups -OCH3 is 3. The van der Waals surface area contributed by atoms with Crippen molar-refractivity contribution in [1.29, 1.82) is 0 Å². The van der Waals surface area contributed by atoms with Crippen molar-refractivity contribution >= 4 is 28.3 Å². The van der Waals surface area contributed by atoms with Gasteiger partial charge in [-0.05, 0) is 18.2 Å². The zero-order valence-electron chi connectivity index (χ0n) is 18.7. The lowest BCUT2D eigenvalue weighted by atomic mass is 10.1. The monoisotopic (exact) mass is 459 g/mol. The van der Waals surface area contributed by atoms with Crippen LogP contribution >= 0.6 is 0 Å². The first kappa shape index (κ1) is 22.5. The van der Waals surface area contributed by atoms with Crippen LogP contribution in [-0.2, 0) is 4.74 Å². The predicted molar refractivity (Wildman–Crippen MR) is 126 cm³/mol. The van der Waals surface area contributed by atoms with E-state index in [1.807, 2.05) is 0 Å². The molecule has 4 aromatic rings. The molecule has 3 aromatic carbocycles. The van der Waals surface area contributed by atoms with Crippen LogP contribution in [0.5, 0.6) is 11.5 Å². The molecule has 1 aromatic heterocycles. The minimum atomic E-state index is -0.601. The number of hydrogen-bond donors (Lipinski definition) is 1. The van der Waals surface area contributed by atoms with E-state index < -0.39 is 17.4 Å². The van der Waals surface area contributed by atoms with E-state index in [2.05, 4.69) is 10.4 Å². The van der Waals surface area contributed by atoms with Crippen LogP contribution in [0.4, 0.5) is 5.69 Å². The quantitative estimate of drug-likeness (QED) is 0.440. The second-order valence-corrected chi connectivity index (χ2v) is 7.17. The molecule has 0 aliphatic carbocycles. The zero-order chi connectivity index (χ0) is 24.2. The average Bonchev–Trinajstić information content (AvgIpc) is 2.88. The topological polar surface area (TPSA) is 109 Å². The summed E-state index contributed by atoms with van der Waals surface area (Å²) in [5.74, 6) is -0.290. The van der Waals surface area contributed by atoms with E-state index in [1.54, 1.807) is 60.7 Å². The Morgan fingerprint density at radius 1 is 0.853 bits per heavy atom. The number of para-hydroxylation sites is 1. The number of fused-ring (bicyclic) bond motifs is 1. The molecule has 1 amide bonds. The Balaban J connectivity index is 1.88. The number of ether oxygens (including phenoxy) is 3. The van der Waals surface area contributed by atoms with Crippen LogP contribution in [0.25, 0.3) is 16.5 Å². The molecule has 4 rings (SSSR count). The van der Waals surface area contributed by atoms with E-state index >= 15 is 0 Å². The zero-order valence-corrected chi connectivity index (χ0v) is 18.7. The second-order valence-electron chi connectivity index (χ2n) is 7.17. The highest BCUT2D eigenvalue weighted by Gasteiger charge is 2.20. The number of carbonyl (C=O) groups excluding carboxylic acids is 2. The average molecular weight is 459 g/mol. The highest BCUT2D eigenvalue weighted by Crippen LogP contribution is 2.25. The van der Waals surface area contributed by atoms with Gasteiger partial charge in [0, 0.05) is 23.6 Å². The molecule has 0 atom stereocenters. The van der Waals surface area contributed by atoms with Crippen molar-refractivity contribution in [2.75, 3.05) is 26.6 Å². The first-order valence-corrected chi connectivity index (χ1v) is 10.2. The van der Waals surface area contributed by atoms with E-state index in [9.17, 15) is 14.4 Å². The first-order valence-electron chi connectivity index (χ1n) is 10.2. The number of aromatic nitrogens is 2. The van der Waals surface area contributed by atoms with Crippen molar-refractivity contribution in [3.8, 4) is 17.2 Å². The molecule has 1 heterocycles. The fraction of sp³-hybridized carbons (Fsp3) is 0.120. The van der Waals surface area contributed by atoms with Crippen LogP contribution < -0.4 is 20.3 Å². The third-order valence-electron chi connectivity index (χ3n) is 5.18. The summed E-state index contributed by atoms with van der Waals surface area (Å²) in [4.78, 5) is 38.7. The maximum absolute atomic E-state index is 13.3. The minimum Gasteiger partial charge on any atom is -0.497 e. The van der Waals surface area contributed by atoms with Crippen LogP contribution in [0.15, 0.2) is 71.5 Å². The van der Waals surface area contributed by atoms with E-state index in [1.165, 1.54) is 27.4 Å². The number of nitrogens with one attached hydrogen (secondary N) is 1. The smallest absolute Gasteiger partial charge is 0.339 e. The summed E-state index contributed by atoms with van der Waals surface area (Å²) in [5, 5.41) is 7.75. The van der Waals surface area contributed by atoms with Crippen LogP contribution in [-0.4, -0.2) is 43.0 Å². The first-order chi connectivity index (χ1) is 16.5. The number of hydrogen-bond acceptors (Lipinski definition) is 7. The highest BCUT2D eigenvalue weighted by molar-refractivity contribution is 6.13. The Bertz CT molecular complexity index is 1440. The highest BCUT2D eigenvalue weighted by atomic mass is 16.5. The molecule has 0 saturated heterocycles. The lowest BCUT2D eigenvalue weighted by molar-refractivity contribution is 0.0602. The number of anilines is 1. The number of esters is 1. The van der Waals surface area contributed by atoms with Crippen LogP contribution in [0.2, 0.25) is 0 Å². The molecular formula is C25H21N3O6. The molecule has 1 N–H and O–H groups in total. The minimum absolute atomic E-state index is 0.00310.